The van der Waals surface area contributed by atoms with E-state index in [1.807, 2.05) is 0 Å². The number of nitrogens with zero attached hydrogens (tertiary/aromatic N) is 2. The second-order valence-electron chi connectivity index (χ2n) is 3.50. The summed E-state index contributed by atoms with van der Waals surface area (Å²) in [6, 6.07) is 0. The Kier molecular flexibility index (Phi) is 7.78. The van der Waals surface area contributed by atoms with Gasteiger partial charge in [0.15, 0.2) is 21.0 Å². The standard InChI is InChI=1S/C6H6ClNO2S.C6H8N2O2S/c2*1-2-10-5(9)4-3-11-6(7)8-4/h3H,2H2,1H3;3H,2H2,1H3,(H2,7,8). The van der Waals surface area contributed by atoms with E-state index in [2.05, 4.69) is 14.7 Å². The zero-order valence-corrected chi connectivity index (χ0v) is 14.3. The maximum Gasteiger partial charge on any atom is 0.357 e. The molecule has 0 aliphatic carbocycles. The Morgan fingerprint density at radius 1 is 1.09 bits per heavy atom. The Hall–Kier alpha value is -1.71. The van der Waals surface area contributed by atoms with Crippen LogP contribution in [-0.2, 0) is 9.47 Å². The Balaban J connectivity index is 0.000000220. The summed E-state index contributed by atoms with van der Waals surface area (Å²) in [6.07, 6.45) is 0. The van der Waals surface area contributed by atoms with Crippen molar-refractivity contribution in [3.63, 3.8) is 0 Å². The van der Waals surface area contributed by atoms with Crippen LogP contribution in [-0.4, -0.2) is 35.1 Å². The number of nitrogens with two attached hydrogens (primary N) is 1. The van der Waals surface area contributed by atoms with E-state index in [1.165, 1.54) is 22.7 Å². The van der Waals surface area contributed by atoms with Gasteiger partial charge in [-0.1, -0.05) is 11.6 Å². The summed E-state index contributed by atoms with van der Waals surface area (Å²) in [4.78, 5) is 29.3. The molecule has 2 heterocycles. The molecular weight excluding hydrogens is 350 g/mol. The van der Waals surface area contributed by atoms with E-state index < -0.39 is 11.9 Å². The zero-order valence-electron chi connectivity index (χ0n) is 11.9. The molecule has 120 valence electrons. The molecule has 2 aromatic heterocycles. The smallest absolute Gasteiger partial charge is 0.357 e. The molecule has 0 amide bonds. The van der Waals surface area contributed by atoms with Gasteiger partial charge in [0.05, 0.1) is 13.2 Å². The predicted molar refractivity (Wildman–Crippen MR) is 85.6 cm³/mol. The van der Waals surface area contributed by atoms with Gasteiger partial charge < -0.3 is 15.2 Å². The SMILES string of the molecule is CCOC(=O)c1csc(Cl)n1.CCOC(=O)c1csc(N)n1. The van der Waals surface area contributed by atoms with Crippen LogP contribution >= 0.6 is 34.3 Å². The van der Waals surface area contributed by atoms with Crippen LogP contribution in [0.3, 0.4) is 0 Å². The summed E-state index contributed by atoms with van der Waals surface area (Å²) in [7, 11) is 0. The van der Waals surface area contributed by atoms with Crippen LogP contribution in [0.15, 0.2) is 10.8 Å². The topological polar surface area (TPSA) is 104 Å². The third-order valence-corrected chi connectivity index (χ3v) is 3.62. The zero-order chi connectivity index (χ0) is 16.5. The van der Waals surface area contributed by atoms with E-state index >= 15 is 0 Å². The van der Waals surface area contributed by atoms with Crippen LogP contribution < -0.4 is 5.73 Å². The number of rotatable bonds is 4. The first-order valence-electron chi connectivity index (χ1n) is 6.14. The van der Waals surface area contributed by atoms with Gasteiger partial charge >= 0.3 is 11.9 Å². The largest absolute Gasteiger partial charge is 0.461 e. The first-order chi connectivity index (χ1) is 10.5. The highest BCUT2D eigenvalue weighted by molar-refractivity contribution is 7.14. The van der Waals surface area contributed by atoms with Gasteiger partial charge in [0.2, 0.25) is 0 Å². The highest BCUT2D eigenvalue weighted by atomic mass is 35.5. The minimum Gasteiger partial charge on any atom is -0.461 e. The molecule has 0 spiro atoms. The molecule has 2 rings (SSSR count). The summed E-state index contributed by atoms with van der Waals surface area (Å²) in [5.74, 6) is -0.837. The number of nitrogen functional groups attached to an aromatic ring is 1. The number of thiazole rings is 2. The lowest BCUT2D eigenvalue weighted by Crippen LogP contribution is -2.04. The molecule has 0 radical (unpaired) electrons. The molecule has 0 aliphatic rings. The molecular formula is C12H14ClN3O4S2. The van der Waals surface area contributed by atoms with Crippen molar-refractivity contribution in [1.29, 1.82) is 0 Å². The molecule has 0 unspecified atom stereocenters. The first kappa shape index (κ1) is 18.3. The minimum absolute atomic E-state index is 0.279. The van der Waals surface area contributed by atoms with Crippen LogP contribution in [0.2, 0.25) is 4.47 Å². The Labute approximate surface area is 140 Å². The van der Waals surface area contributed by atoms with Crippen LogP contribution in [0, 0.1) is 0 Å². The number of hydrogen-bond acceptors (Lipinski definition) is 9. The number of carbonyl (C=O) groups is 2. The normalized spacial score (nSPS) is 9.59. The van der Waals surface area contributed by atoms with E-state index in [0.29, 0.717) is 22.8 Å². The lowest BCUT2D eigenvalue weighted by atomic mass is 10.5. The molecule has 0 aliphatic heterocycles. The van der Waals surface area contributed by atoms with Gasteiger partial charge in [0.1, 0.15) is 0 Å². The van der Waals surface area contributed by atoms with E-state index in [0.717, 1.165) is 0 Å². The van der Waals surface area contributed by atoms with Crippen molar-refractivity contribution >= 4 is 51.3 Å². The third kappa shape index (κ3) is 5.96. The van der Waals surface area contributed by atoms with Crippen molar-refractivity contribution in [2.75, 3.05) is 18.9 Å². The predicted octanol–water partition coefficient (Wildman–Crippen LogP) is 2.88. The first-order valence-corrected chi connectivity index (χ1v) is 8.27. The number of anilines is 1. The highest BCUT2D eigenvalue weighted by Gasteiger charge is 2.10. The van der Waals surface area contributed by atoms with Gasteiger partial charge in [-0.3, -0.25) is 0 Å². The lowest BCUT2D eigenvalue weighted by molar-refractivity contribution is 0.0511. The fraction of sp³-hybridized carbons (Fsp3) is 0.333. The number of hydrogen-bond donors (Lipinski definition) is 1. The van der Waals surface area contributed by atoms with E-state index in [1.54, 1.807) is 24.6 Å². The fourth-order valence-corrected chi connectivity index (χ4v) is 2.40. The second-order valence-corrected chi connectivity index (χ2v) is 5.83. The molecule has 0 bridgehead atoms. The number of esters is 2. The maximum absolute atomic E-state index is 10.9. The average molecular weight is 364 g/mol. The summed E-state index contributed by atoms with van der Waals surface area (Å²) < 4.78 is 9.73. The molecule has 0 aromatic carbocycles. The van der Waals surface area contributed by atoms with Gasteiger partial charge in [0, 0.05) is 10.8 Å². The van der Waals surface area contributed by atoms with E-state index in [9.17, 15) is 9.59 Å². The van der Waals surface area contributed by atoms with E-state index in [-0.39, 0.29) is 11.4 Å². The summed E-state index contributed by atoms with van der Waals surface area (Å²) >= 11 is 7.94. The van der Waals surface area contributed by atoms with Crippen molar-refractivity contribution in [3.05, 3.63) is 26.6 Å². The van der Waals surface area contributed by atoms with Crippen LogP contribution in [0.5, 0.6) is 0 Å². The number of halogens is 1. The minimum atomic E-state index is -0.421. The molecule has 7 nitrogen and oxygen atoms in total. The average Bonchev–Trinajstić information content (AvgIpc) is 3.09. The van der Waals surface area contributed by atoms with Gasteiger partial charge in [-0.05, 0) is 13.8 Å². The molecule has 2 N–H and O–H groups in total. The van der Waals surface area contributed by atoms with Crippen LogP contribution in [0.1, 0.15) is 34.8 Å². The number of ether oxygens (including phenoxy) is 2. The maximum atomic E-state index is 10.9. The van der Waals surface area contributed by atoms with Crippen molar-refractivity contribution in [1.82, 2.24) is 9.97 Å². The molecule has 0 fully saturated rings. The van der Waals surface area contributed by atoms with E-state index in [4.69, 9.17) is 22.1 Å². The van der Waals surface area contributed by atoms with Crippen molar-refractivity contribution in [2.24, 2.45) is 0 Å². The Bertz CT molecular complexity index is 575. The Morgan fingerprint density at radius 2 is 1.59 bits per heavy atom. The third-order valence-electron chi connectivity index (χ3n) is 1.97. The summed E-state index contributed by atoms with van der Waals surface area (Å²) in [5, 5.41) is 3.53. The molecule has 0 atom stereocenters. The van der Waals surface area contributed by atoms with Crippen molar-refractivity contribution in [2.45, 2.75) is 13.8 Å². The number of carbonyl (C=O) groups excluding carboxylic acids is 2. The second kappa shape index (κ2) is 9.34. The van der Waals surface area contributed by atoms with Crippen molar-refractivity contribution in [3.8, 4) is 0 Å². The van der Waals surface area contributed by atoms with Crippen LogP contribution in [0.25, 0.3) is 0 Å². The number of aromatic nitrogens is 2. The molecule has 22 heavy (non-hydrogen) atoms. The monoisotopic (exact) mass is 363 g/mol. The van der Waals surface area contributed by atoms with Gasteiger partial charge in [-0.15, -0.1) is 22.7 Å². The fourth-order valence-electron chi connectivity index (χ4n) is 1.14. The van der Waals surface area contributed by atoms with Gasteiger partial charge in [-0.25, -0.2) is 19.6 Å². The summed E-state index contributed by atoms with van der Waals surface area (Å²) in [6.45, 7) is 4.20. The van der Waals surface area contributed by atoms with Crippen LogP contribution in [0.4, 0.5) is 5.13 Å². The molecule has 10 heteroatoms. The molecule has 0 saturated heterocycles. The summed E-state index contributed by atoms with van der Waals surface area (Å²) in [5.41, 5.74) is 5.88. The lowest BCUT2D eigenvalue weighted by Gasteiger charge is -1.95. The van der Waals surface area contributed by atoms with Crippen molar-refractivity contribution < 1.29 is 19.1 Å². The Morgan fingerprint density at radius 3 is 1.95 bits per heavy atom. The molecule has 0 saturated carbocycles. The highest BCUT2D eigenvalue weighted by Crippen LogP contribution is 2.15. The van der Waals surface area contributed by atoms with Gasteiger partial charge in [-0.2, -0.15) is 0 Å². The quantitative estimate of drug-likeness (QED) is 0.832. The van der Waals surface area contributed by atoms with Gasteiger partial charge in [0.25, 0.3) is 0 Å². The molecule has 2 aromatic rings.